The first-order valence-corrected chi connectivity index (χ1v) is 12.0. The van der Waals surface area contributed by atoms with Gasteiger partial charge in [-0.2, -0.15) is 19.6 Å². The number of nitrogens with two attached hydrogens (primary N) is 1. The molecule has 4 aromatic rings. The van der Waals surface area contributed by atoms with E-state index in [-0.39, 0.29) is 6.04 Å². The molecule has 0 spiro atoms. The molecular weight excluding hydrogens is 424 g/mol. The summed E-state index contributed by atoms with van der Waals surface area (Å²) in [6.45, 7) is 6.66. The van der Waals surface area contributed by atoms with E-state index < -0.39 is 0 Å². The highest BCUT2D eigenvalue weighted by Gasteiger charge is 2.22. The van der Waals surface area contributed by atoms with Gasteiger partial charge in [-0.25, -0.2) is 0 Å². The first kappa shape index (κ1) is 22.2. The summed E-state index contributed by atoms with van der Waals surface area (Å²) in [4.78, 5) is 12.0. The van der Waals surface area contributed by atoms with Crippen molar-refractivity contribution < 1.29 is 0 Å². The highest BCUT2D eigenvalue weighted by molar-refractivity contribution is 5.64. The van der Waals surface area contributed by atoms with Gasteiger partial charge in [0.1, 0.15) is 0 Å². The van der Waals surface area contributed by atoms with Crippen LogP contribution in [-0.2, 0) is 6.54 Å². The summed E-state index contributed by atoms with van der Waals surface area (Å²) >= 11 is 0. The average Bonchev–Trinajstić information content (AvgIpc) is 3.29. The van der Waals surface area contributed by atoms with E-state index in [1.807, 2.05) is 35.0 Å². The van der Waals surface area contributed by atoms with Crippen LogP contribution < -0.4 is 21.3 Å². The van der Waals surface area contributed by atoms with Crippen molar-refractivity contribution in [2.24, 2.45) is 5.73 Å². The molecule has 1 aliphatic rings. The molecule has 176 valence electrons. The Bertz CT molecular complexity index is 1240. The van der Waals surface area contributed by atoms with Crippen molar-refractivity contribution in [3.05, 3.63) is 71.9 Å². The van der Waals surface area contributed by atoms with Crippen LogP contribution in [0.1, 0.15) is 43.7 Å². The van der Waals surface area contributed by atoms with Crippen molar-refractivity contribution in [2.75, 3.05) is 28.6 Å². The number of nitrogens with zero attached hydrogens (tertiary/aromatic N) is 5. The smallest absolute Gasteiger partial charge is 0.230 e. The zero-order chi connectivity index (χ0) is 23.5. The highest BCUT2D eigenvalue weighted by Crippen LogP contribution is 2.26. The molecule has 0 bridgehead atoms. The standard InChI is InChI=1S/C26H32N8/c1-18(2)22-17-29-34-24(22)31-26(33-14-12-20(27)13-15-33)32-25(34)28-16-19-8-6-7-11-23(19)30-21-9-4-3-5-10-21/h3-11,17-18,20,30H,12-16,27H2,1-2H3,(H,28,31,32). The van der Waals surface area contributed by atoms with E-state index in [1.54, 1.807) is 0 Å². The van der Waals surface area contributed by atoms with Gasteiger partial charge in [-0.05, 0) is 42.5 Å². The largest absolute Gasteiger partial charge is 0.355 e. The Morgan fingerprint density at radius 3 is 2.50 bits per heavy atom. The number of para-hydroxylation sites is 2. The van der Waals surface area contributed by atoms with Crippen molar-refractivity contribution >= 4 is 28.9 Å². The molecule has 1 fully saturated rings. The molecule has 3 heterocycles. The van der Waals surface area contributed by atoms with Crippen molar-refractivity contribution in [2.45, 2.75) is 45.2 Å². The van der Waals surface area contributed by atoms with Gasteiger partial charge in [0, 0.05) is 42.6 Å². The second-order valence-electron chi connectivity index (χ2n) is 9.16. The molecule has 0 amide bonds. The van der Waals surface area contributed by atoms with Crippen molar-refractivity contribution in [3.63, 3.8) is 0 Å². The summed E-state index contributed by atoms with van der Waals surface area (Å²) in [5.41, 5.74) is 11.3. The van der Waals surface area contributed by atoms with Crippen LogP contribution in [0.25, 0.3) is 5.65 Å². The van der Waals surface area contributed by atoms with Crippen molar-refractivity contribution in [3.8, 4) is 0 Å². The maximum atomic E-state index is 6.12. The Labute approximate surface area is 200 Å². The van der Waals surface area contributed by atoms with E-state index in [0.717, 1.165) is 60.0 Å². The normalized spacial score (nSPS) is 14.6. The molecule has 4 N–H and O–H groups in total. The monoisotopic (exact) mass is 456 g/mol. The maximum absolute atomic E-state index is 6.12. The zero-order valence-corrected chi connectivity index (χ0v) is 19.8. The number of anilines is 4. The lowest BCUT2D eigenvalue weighted by Gasteiger charge is -2.30. The number of piperidine rings is 1. The lowest BCUT2D eigenvalue weighted by molar-refractivity contribution is 0.495. The summed E-state index contributed by atoms with van der Waals surface area (Å²) in [6, 6.07) is 18.8. The summed E-state index contributed by atoms with van der Waals surface area (Å²) < 4.78 is 1.82. The first-order chi connectivity index (χ1) is 16.6. The minimum atomic E-state index is 0.257. The molecule has 5 rings (SSSR count). The van der Waals surface area contributed by atoms with Crippen LogP contribution in [-0.4, -0.2) is 38.7 Å². The van der Waals surface area contributed by atoms with Gasteiger partial charge in [-0.15, -0.1) is 0 Å². The average molecular weight is 457 g/mol. The number of nitrogens with one attached hydrogen (secondary N) is 2. The minimum Gasteiger partial charge on any atom is -0.355 e. The predicted molar refractivity (Wildman–Crippen MR) is 138 cm³/mol. The maximum Gasteiger partial charge on any atom is 0.230 e. The van der Waals surface area contributed by atoms with Gasteiger partial charge in [-0.3, -0.25) is 0 Å². The van der Waals surface area contributed by atoms with Gasteiger partial charge in [-0.1, -0.05) is 50.2 Å². The van der Waals surface area contributed by atoms with Crippen LogP contribution in [0.4, 0.5) is 23.3 Å². The van der Waals surface area contributed by atoms with Gasteiger partial charge in [0.05, 0.1) is 6.20 Å². The van der Waals surface area contributed by atoms with E-state index in [4.69, 9.17) is 15.7 Å². The molecule has 1 aliphatic heterocycles. The molecule has 0 atom stereocenters. The summed E-state index contributed by atoms with van der Waals surface area (Å²) in [5, 5.41) is 11.7. The van der Waals surface area contributed by atoms with Gasteiger partial charge in [0.2, 0.25) is 11.9 Å². The van der Waals surface area contributed by atoms with E-state index in [2.05, 4.69) is 64.8 Å². The molecular formula is C26H32N8. The Kier molecular flexibility index (Phi) is 6.31. The second kappa shape index (κ2) is 9.69. The summed E-state index contributed by atoms with van der Waals surface area (Å²) in [7, 11) is 0. The number of aromatic nitrogens is 4. The molecule has 8 heteroatoms. The fraction of sp³-hybridized carbons (Fsp3) is 0.346. The fourth-order valence-corrected chi connectivity index (χ4v) is 4.29. The molecule has 34 heavy (non-hydrogen) atoms. The lowest BCUT2D eigenvalue weighted by atomic mass is 10.1. The van der Waals surface area contributed by atoms with Crippen LogP contribution >= 0.6 is 0 Å². The molecule has 2 aromatic heterocycles. The quantitative estimate of drug-likeness (QED) is 0.376. The minimum absolute atomic E-state index is 0.257. The van der Waals surface area contributed by atoms with Gasteiger partial charge >= 0.3 is 0 Å². The topological polar surface area (TPSA) is 96.4 Å². The molecule has 8 nitrogen and oxygen atoms in total. The Morgan fingerprint density at radius 1 is 1.00 bits per heavy atom. The molecule has 0 aliphatic carbocycles. The van der Waals surface area contributed by atoms with Crippen molar-refractivity contribution in [1.82, 2.24) is 19.6 Å². The van der Waals surface area contributed by atoms with E-state index in [1.165, 1.54) is 0 Å². The van der Waals surface area contributed by atoms with Crippen LogP contribution in [0.2, 0.25) is 0 Å². The van der Waals surface area contributed by atoms with Gasteiger partial charge in [0.25, 0.3) is 0 Å². The predicted octanol–water partition coefficient (Wildman–Crippen LogP) is 4.53. The van der Waals surface area contributed by atoms with Gasteiger partial charge < -0.3 is 21.3 Å². The Balaban J connectivity index is 1.45. The number of hydrogen-bond donors (Lipinski definition) is 3. The summed E-state index contributed by atoms with van der Waals surface area (Å²) in [6.07, 6.45) is 3.80. The van der Waals surface area contributed by atoms with Crippen LogP contribution in [0.15, 0.2) is 60.8 Å². The SMILES string of the molecule is CC(C)c1cnn2c(NCc3ccccc3Nc3ccccc3)nc(N3CCC(N)CC3)nc12. The Morgan fingerprint density at radius 2 is 1.74 bits per heavy atom. The molecule has 0 radical (unpaired) electrons. The molecule has 0 saturated carbocycles. The fourth-order valence-electron chi connectivity index (χ4n) is 4.29. The number of hydrogen-bond acceptors (Lipinski definition) is 7. The number of fused-ring (bicyclic) bond motifs is 1. The number of benzene rings is 2. The Hall–Kier alpha value is -3.65. The first-order valence-electron chi connectivity index (χ1n) is 12.0. The van der Waals surface area contributed by atoms with Crippen LogP contribution in [0.5, 0.6) is 0 Å². The van der Waals surface area contributed by atoms with E-state index >= 15 is 0 Å². The highest BCUT2D eigenvalue weighted by atomic mass is 15.4. The molecule has 2 aromatic carbocycles. The zero-order valence-electron chi connectivity index (χ0n) is 19.8. The van der Waals surface area contributed by atoms with Crippen LogP contribution in [0.3, 0.4) is 0 Å². The third-order valence-corrected chi connectivity index (χ3v) is 6.34. The third-order valence-electron chi connectivity index (χ3n) is 6.34. The van der Waals surface area contributed by atoms with Crippen LogP contribution in [0, 0.1) is 0 Å². The van der Waals surface area contributed by atoms with Gasteiger partial charge in [0.15, 0.2) is 5.65 Å². The summed E-state index contributed by atoms with van der Waals surface area (Å²) in [5.74, 6) is 1.75. The lowest BCUT2D eigenvalue weighted by Crippen LogP contribution is -2.40. The molecule has 0 unspecified atom stereocenters. The van der Waals surface area contributed by atoms with Crippen molar-refractivity contribution in [1.29, 1.82) is 0 Å². The van der Waals surface area contributed by atoms with E-state index in [9.17, 15) is 0 Å². The second-order valence-corrected chi connectivity index (χ2v) is 9.16. The van der Waals surface area contributed by atoms with E-state index in [0.29, 0.717) is 18.4 Å². The number of rotatable bonds is 7. The third kappa shape index (κ3) is 4.68. The molecule has 1 saturated heterocycles.